The van der Waals surface area contributed by atoms with Crippen LogP contribution in [0.2, 0.25) is 0 Å². The Morgan fingerprint density at radius 3 is 2.60 bits per heavy atom. The van der Waals surface area contributed by atoms with E-state index in [9.17, 15) is 5.11 Å². The summed E-state index contributed by atoms with van der Waals surface area (Å²) in [6.45, 7) is 3.32. The normalized spacial score (nSPS) is 23.2. The molecule has 1 fully saturated rings. The van der Waals surface area contributed by atoms with E-state index in [-0.39, 0.29) is 12.1 Å². The molecule has 0 radical (unpaired) electrons. The zero-order valence-electron chi connectivity index (χ0n) is 14.7. The fraction of sp³-hybridized carbons (Fsp3) is 0.429. The number of benzene rings is 2. The van der Waals surface area contributed by atoms with Gasteiger partial charge in [0.15, 0.2) is 0 Å². The predicted molar refractivity (Wildman–Crippen MR) is 99.2 cm³/mol. The Morgan fingerprint density at radius 1 is 1.04 bits per heavy atom. The number of aliphatic hydroxyl groups excluding tert-OH is 1. The van der Waals surface area contributed by atoms with E-state index in [2.05, 4.69) is 5.32 Å². The topological polar surface area (TPSA) is 50.7 Å². The predicted octanol–water partition coefficient (Wildman–Crippen LogP) is 3.32. The van der Waals surface area contributed by atoms with Gasteiger partial charge in [-0.05, 0) is 49.9 Å². The maximum Gasteiger partial charge on any atom is 0.126 e. The molecule has 0 spiro atoms. The van der Waals surface area contributed by atoms with Crippen LogP contribution < -0.4 is 14.8 Å². The number of rotatable bonds is 7. The first-order chi connectivity index (χ1) is 12.2. The quantitative estimate of drug-likeness (QED) is 0.759. The van der Waals surface area contributed by atoms with Crippen molar-refractivity contribution >= 4 is 0 Å². The summed E-state index contributed by atoms with van der Waals surface area (Å²) in [6, 6.07) is 17.8. The van der Waals surface area contributed by atoms with Gasteiger partial charge in [0, 0.05) is 12.6 Å². The zero-order chi connectivity index (χ0) is 17.5. The van der Waals surface area contributed by atoms with Crippen LogP contribution in [0.4, 0.5) is 0 Å². The van der Waals surface area contributed by atoms with Crippen LogP contribution >= 0.6 is 0 Å². The van der Waals surface area contributed by atoms with Crippen LogP contribution in [0.3, 0.4) is 0 Å². The van der Waals surface area contributed by atoms with Gasteiger partial charge in [-0.3, -0.25) is 0 Å². The average Bonchev–Trinajstić information content (AvgIpc) is 2.64. The molecule has 1 aliphatic carbocycles. The van der Waals surface area contributed by atoms with Crippen LogP contribution in [-0.4, -0.2) is 36.5 Å². The van der Waals surface area contributed by atoms with Gasteiger partial charge in [0.1, 0.15) is 30.3 Å². The summed E-state index contributed by atoms with van der Waals surface area (Å²) >= 11 is 0. The Morgan fingerprint density at radius 2 is 1.80 bits per heavy atom. The third-order valence-electron chi connectivity index (χ3n) is 4.69. The molecule has 25 heavy (non-hydrogen) atoms. The maximum atomic E-state index is 10.6. The van der Waals surface area contributed by atoms with Crippen LogP contribution in [0.25, 0.3) is 0 Å². The second-order valence-corrected chi connectivity index (χ2v) is 6.57. The first-order valence-electron chi connectivity index (χ1n) is 9.05. The second-order valence-electron chi connectivity index (χ2n) is 6.57. The number of aryl methyl sites for hydroxylation is 1. The summed E-state index contributed by atoms with van der Waals surface area (Å²) in [5.41, 5.74) is 1.14. The van der Waals surface area contributed by atoms with Gasteiger partial charge < -0.3 is 19.9 Å². The van der Waals surface area contributed by atoms with Gasteiger partial charge in [0.25, 0.3) is 0 Å². The van der Waals surface area contributed by atoms with E-state index in [1.54, 1.807) is 0 Å². The van der Waals surface area contributed by atoms with Crippen molar-refractivity contribution in [3.05, 3.63) is 60.2 Å². The van der Waals surface area contributed by atoms with Crippen molar-refractivity contribution in [2.45, 2.75) is 44.4 Å². The Balaban J connectivity index is 1.45. The zero-order valence-corrected chi connectivity index (χ0v) is 14.7. The Kier molecular flexibility index (Phi) is 6.31. The van der Waals surface area contributed by atoms with Gasteiger partial charge >= 0.3 is 0 Å². The molecule has 1 aliphatic rings. The number of nitrogens with one attached hydrogen (secondary N) is 1. The molecule has 2 N–H and O–H groups in total. The van der Waals surface area contributed by atoms with E-state index in [0.717, 1.165) is 36.3 Å². The van der Waals surface area contributed by atoms with Crippen molar-refractivity contribution in [3.63, 3.8) is 0 Å². The SMILES string of the molecule is Cc1ccccc1OCCN[C@H]1CCC[C@@H](Oc2ccccc2)[C@@H]1O. The molecule has 4 heteroatoms. The lowest BCUT2D eigenvalue weighted by Crippen LogP contribution is -2.51. The third-order valence-corrected chi connectivity index (χ3v) is 4.69. The Hall–Kier alpha value is -2.04. The van der Waals surface area contributed by atoms with E-state index >= 15 is 0 Å². The molecule has 134 valence electrons. The van der Waals surface area contributed by atoms with Crippen LogP contribution in [0.15, 0.2) is 54.6 Å². The minimum absolute atomic E-state index is 0.0444. The summed E-state index contributed by atoms with van der Waals surface area (Å²) in [6.07, 6.45) is 2.22. The van der Waals surface area contributed by atoms with Crippen molar-refractivity contribution in [2.24, 2.45) is 0 Å². The second kappa shape index (κ2) is 8.88. The van der Waals surface area contributed by atoms with Gasteiger partial charge in [0.05, 0.1) is 0 Å². The molecule has 4 nitrogen and oxygen atoms in total. The molecule has 0 bridgehead atoms. The molecule has 3 atom stereocenters. The lowest BCUT2D eigenvalue weighted by Gasteiger charge is -2.35. The molecule has 3 rings (SSSR count). The number of hydrogen-bond acceptors (Lipinski definition) is 4. The largest absolute Gasteiger partial charge is 0.492 e. The fourth-order valence-electron chi connectivity index (χ4n) is 3.29. The average molecular weight is 341 g/mol. The summed E-state index contributed by atoms with van der Waals surface area (Å²) in [5.74, 6) is 1.73. The molecule has 0 heterocycles. The number of ether oxygens (including phenoxy) is 2. The van der Waals surface area contributed by atoms with Crippen molar-refractivity contribution in [1.82, 2.24) is 5.32 Å². The lowest BCUT2D eigenvalue weighted by molar-refractivity contribution is -0.0158. The minimum atomic E-state index is -0.507. The Bertz CT molecular complexity index is 647. The van der Waals surface area contributed by atoms with Crippen molar-refractivity contribution in [2.75, 3.05) is 13.2 Å². The van der Waals surface area contributed by atoms with Crippen molar-refractivity contribution in [1.29, 1.82) is 0 Å². The number of aliphatic hydroxyl groups is 1. The maximum absolute atomic E-state index is 10.6. The molecule has 2 aromatic carbocycles. The highest BCUT2D eigenvalue weighted by Gasteiger charge is 2.32. The summed E-state index contributed by atoms with van der Waals surface area (Å²) in [4.78, 5) is 0. The van der Waals surface area contributed by atoms with Gasteiger partial charge in [-0.1, -0.05) is 36.4 Å². The molecule has 0 unspecified atom stereocenters. The number of hydrogen-bond donors (Lipinski definition) is 2. The fourth-order valence-corrected chi connectivity index (χ4v) is 3.29. The molecule has 0 amide bonds. The van der Waals surface area contributed by atoms with E-state index in [1.807, 2.05) is 61.5 Å². The van der Waals surface area contributed by atoms with Crippen LogP contribution in [0.5, 0.6) is 11.5 Å². The summed E-state index contributed by atoms with van der Waals surface area (Å²) in [5, 5.41) is 14.0. The third kappa shape index (κ3) is 4.97. The molecule has 0 aliphatic heterocycles. The highest BCUT2D eigenvalue weighted by Crippen LogP contribution is 2.24. The molecule has 1 saturated carbocycles. The van der Waals surface area contributed by atoms with E-state index in [4.69, 9.17) is 9.47 Å². The van der Waals surface area contributed by atoms with E-state index < -0.39 is 6.10 Å². The molecular weight excluding hydrogens is 314 g/mol. The van der Waals surface area contributed by atoms with Crippen LogP contribution in [0.1, 0.15) is 24.8 Å². The molecule has 0 aromatic heterocycles. The van der Waals surface area contributed by atoms with Crippen molar-refractivity contribution < 1.29 is 14.6 Å². The minimum Gasteiger partial charge on any atom is -0.492 e. The molecule has 2 aromatic rings. The van der Waals surface area contributed by atoms with E-state index in [1.165, 1.54) is 0 Å². The summed E-state index contributed by atoms with van der Waals surface area (Å²) < 4.78 is 11.8. The highest BCUT2D eigenvalue weighted by molar-refractivity contribution is 5.31. The first kappa shape index (κ1) is 17.8. The number of para-hydroxylation sites is 2. The van der Waals surface area contributed by atoms with Crippen LogP contribution in [-0.2, 0) is 0 Å². The Labute approximate surface area is 149 Å². The van der Waals surface area contributed by atoms with Gasteiger partial charge in [-0.15, -0.1) is 0 Å². The van der Waals surface area contributed by atoms with Crippen molar-refractivity contribution in [3.8, 4) is 11.5 Å². The first-order valence-corrected chi connectivity index (χ1v) is 9.05. The lowest BCUT2D eigenvalue weighted by atomic mass is 9.90. The van der Waals surface area contributed by atoms with E-state index in [0.29, 0.717) is 13.2 Å². The molecular formula is C21H27NO3. The standard InChI is InChI=1S/C21H27NO3/c1-16-8-5-6-12-19(16)24-15-14-22-18-11-7-13-20(21(18)23)25-17-9-3-2-4-10-17/h2-6,8-10,12,18,20-23H,7,11,13-15H2,1H3/t18-,20+,21+/m0/s1. The van der Waals surface area contributed by atoms with Crippen LogP contribution in [0, 0.1) is 6.92 Å². The monoisotopic (exact) mass is 341 g/mol. The highest BCUT2D eigenvalue weighted by atomic mass is 16.5. The van der Waals surface area contributed by atoms with Gasteiger partial charge in [-0.25, -0.2) is 0 Å². The van der Waals surface area contributed by atoms with Gasteiger partial charge in [0.2, 0.25) is 0 Å². The summed E-state index contributed by atoms with van der Waals surface area (Å²) in [7, 11) is 0. The van der Waals surface area contributed by atoms with Gasteiger partial charge in [-0.2, -0.15) is 0 Å². The smallest absolute Gasteiger partial charge is 0.126 e. The molecule has 0 saturated heterocycles.